The van der Waals surface area contributed by atoms with Gasteiger partial charge in [-0.25, -0.2) is 9.97 Å². The molecule has 1 saturated heterocycles. The molecule has 2 aliphatic rings. The van der Waals surface area contributed by atoms with E-state index < -0.39 is 0 Å². The Morgan fingerprint density at radius 3 is 2.54 bits per heavy atom. The molecule has 1 saturated carbocycles. The summed E-state index contributed by atoms with van der Waals surface area (Å²) < 4.78 is 5.86. The van der Waals surface area contributed by atoms with Gasteiger partial charge < -0.3 is 20.3 Å². The molecule has 3 heterocycles. The number of aromatic nitrogens is 2. The number of fused-ring (bicyclic) bond motifs is 1. The Morgan fingerprint density at radius 2 is 1.86 bits per heavy atom. The van der Waals surface area contributed by atoms with E-state index in [1.165, 1.54) is 0 Å². The van der Waals surface area contributed by atoms with Crippen LogP contribution in [0.25, 0.3) is 10.8 Å². The standard InChI is InChI=1S/C27H27N5O3/c1-17(33)32-14-19(15-32)16-35-22-9-4-18(5-10-22)3-6-21-12-30-26(28-2)24-13-29-25(11-23(21)24)31-27(34)20-7-8-20/h4-5,9-13,19-20H,7-8,14-16H2,1-2H3,(H,28,30)(H,29,31,34). The normalized spacial score (nSPS) is 15.1. The lowest BCUT2D eigenvalue weighted by atomic mass is 10.0. The maximum absolute atomic E-state index is 12.2. The minimum Gasteiger partial charge on any atom is -0.493 e. The molecule has 0 unspecified atom stereocenters. The number of nitrogens with one attached hydrogen (secondary N) is 2. The van der Waals surface area contributed by atoms with E-state index in [1.54, 1.807) is 19.3 Å². The van der Waals surface area contributed by atoms with Gasteiger partial charge in [0.1, 0.15) is 17.4 Å². The predicted octanol–water partition coefficient (Wildman–Crippen LogP) is 3.28. The molecule has 178 valence electrons. The molecule has 0 bridgehead atoms. The molecule has 3 aromatic rings. The third kappa shape index (κ3) is 5.19. The number of likely N-dealkylation sites (tertiary alicyclic amines) is 1. The first-order chi connectivity index (χ1) is 17.0. The third-order valence-electron chi connectivity index (χ3n) is 6.29. The van der Waals surface area contributed by atoms with Crippen molar-refractivity contribution in [3.8, 4) is 17.6 Å². The molecule has 2 N–H and O–H groups in total. The molecule has 1 aromatic carbocycles. The van der Waals surface area contributed by atoms with Crippen molar-refractivity contribution in [3.05, 3.63) is 53.9 Å². The highest BCUT2D eigenvalue weighted by atomic mass is 16.5. The van der Waals surface area contributed by atoms with Crippen molar-refractivity contribution in [3.63, 3.8) is 0 Å². The molecule has 1 aliphatic heterocycles. The first-order valence-electron chi connectivity index (χ1n) is 11.8. The summed E-state index contributed by atoms with van der Waals surface area (Å²) in [4.78, 5) is 34.1. The zero-order valence-corrected chi connectivity index (χ0v) is 19.8. The predicted molar refractivity (Wildman–Crippen MR) is 134 cm³/mol. The van der Waals surface area contributed by atoms with Gasteiger partial charge in [0.05, 0.1) is 12.2 Å². The molecule has 35 heavy (non-hydrogen) atoms. The Balaban J connectivity index is 1.30. The highest BCUT2D eigenvalue weighted by Crippen LogP contribution is 2.31. The average molecular weight is 470 g/mol. The van der Waals surface area contributed by atoms with Gasteiger partial charge in [-0.1, -0.05) is 11.8 Å². The van der Waals surface area contributed by atoms with E-state index in [0.29, 0.717) is 24.2 Å². The van der Waals surface area contributed by atoms with Crippen molar-refractivity contribution in [2.24, 2.45) is 11.8 Å². The summed E-state index contributed by atoms with van der Waals surface area (Å²) in [5.41, 5.74) is 1.61. The summed E-state index contributed by atoms with van der Waals surface area (Å²) in [5, 5.41) is 7.70. The number of carbonyl (C=O) groups excluding carboxylic acids is 2. The number of hydrogen-bond donors (Lipinski definition) is 2. The maximum Gasteiger partial charge on any atom is 0.228 e. The van der Waals surface area contributed by atoms with Gasteiger partial charge in [-0.3, -0.25) is 9.59 Å². The summed E-state index contributed by atoms with van der Waals surface area (Å²) in [7, 11) is 1.81. The zero-order chi connectivity index (χ0) is 24.4. The van der Waals surface area contributed by atoms with Crippen LogP contribution in [0.1, 0.15) is 30.9 Å². The Kier molecular flexibility index (Phi) is 6.23. The number of ether oxygens (including phenoxy) is 1. The van der Waals surface area contributed by atoms with E-state index in [0.717, 1.165) is 53.6 Å². The number of rotatable bonds is 6. The maximum atomic E-state index is 12.2. The summed E-state index contributed by atoms with van der Waals surface area (Å²) in [6, 6.07) is 9.51. The molecule has 0 atom stereocenters. The van der Waals surface area contributed by atoms with E-state index in [4.69, 9.17) is 4.74 Å². The molecule has 0 radical (unpaired) electrons. The molecule has 8 nitrogen and oxygen atoms in total. The lowest BCUT2D eigenvalue weighted by molar-refractivity contribution is -0.135. The highest BCUT2D eigenvalue weighted by molar-refractivity contribution is 5.99. The van der Waals surface area contributed by atoms with Crippen LogP contribution in [0.5, 0.6) is 5.75 Å². The van der Waals surface area contributed by atoms with Crippen LogP contribution < -0.4 is 15.4 Å². The van der Waals surface area contributed by atoms with Gasteiger partial charge in [0.2, 0.25) is 11.8 Å². The van der Waals surface area contributed by atoms with E-state index >= 15 is 0 Å². The number of carbonyl (C=O) groups is 2. The minimum absolute atomic E-state index is 0.0168. The van der Waals surface area contributed by atoms with Gasteiger partial charge in [-0.2, -0.15) is 0 Å². The van der Waals surface area contributed by atoms with Gasteiger partial charge >= 0.3 is 0 Å². The van der Waals surface area contributed by atoms with Gasteiger partial charge in [0.25, 0.3) is 0 Å². The molecule has 0 spiro atoms. The van der Waals surface area contributed by atoms with Crippen LogP contribution in [0.3, 0.4) is 0 Å². The van der Waals surface area contributed by atoms with Crippen LogP contribution in [-0.2, 0) is 9.59 Å². The second-order valence-corrected chi connectivity index (χ2v) is 9.02. The average Bonchev–Trinajstić information content (AvgIpc) is 3.68. The second kappa shape index (κ2) is 9.63. The fourth-order valence-electron chi connectivity index (χ4n) is 4.00. The number of hydrogen-bond acceptors (Lipinski definition) is 6. The Labute approximate surface area is 204 Å². The summed E-state index contributed by atoms with van der Waals surface area (Å²) in [5.74, 6) is 9.03. The molecule has 2 aromatic heterocycles. The van der Waals surface area contributed by atoms with Gasteiger partial charge in [-0.05, 0) is 43.2 Å². The quantitative estimate of drug-likeness (QED) is 0.538. The smallest absolute Gasteiger partial charge is 0.228 e. The van der Waals surface area contributed by atoms with Gasteiger partial charge in [0.15, 0.2) is 0 Å². The molecule has 2 amide bonds. The lowest BCUT2D eigenvalue weighted by Gasteiger charge is -2.38. The van der Waals surface area contributed by atoms with Crippen LogP contribution >= 0.6 is 0 Å². The highest BCUT2D eigenvalue weighted by Gasteiger charge is 2.30. The van der Waals surface area contributed by atoms with Crippen LogP contribution in [0.4, 0.5) is 11.6 Å². The number of benzene rings is 1. The Hall–Kier alpha value is -4.12. The van der Waals surface area contributed by atoms with Crippen molar-refractivity contribution < 1.29 is 14.3 Å². The summed E-state index contributed by atoms with van der Waals surface area (Å²) >= 11 is 0. The van der Waals surface area contributed by atoms with E-state index in [-0.39, 0.29) is 17.7 Å². The van der Waals surface area contributed by atoms with Gasteiger partial charge in [-0.15, -0.1) is 0 Å². The van der Waals surface area contributed by atoms with Crippen LogP contribution in [0, 0.1) is 23.7 Å². The van der Waals surface area contributed by atoms with Crippen molar-refractivity contribution in [2.75, 3.05) is 37.4 Å². The number of nitrogens with zero attached hydrogens (tertiary/aromatic N) is 3. The second-order valence-electron chi connectivity index (χ2n) is 9.02. The Bertz CT molecular complexity index is 1330. The molecule has 8 heteroatoms. The fourth-order valence-corrected chi connectivity index (χ4v) is 4.00. The molecule has 2 fully saturated rings. The number of amides is 2. The molecular weight excluding hydrogens is 442 g/mol. The largest absolute Gasteiger partial charge is 0.493 e. The van der Waals surface area contributed by atoms with Crippen LogP contribution in [-0.4, -0.2) is 53.4 Å². The lowest BCUT2D eigenvalue weighted by Crippen LogP contribution is -2.51. The van der Waals surface area contributed by atoms with E-state index in [1.807, 2.05) is 42.3 Å². The molecule has 1 aliphatic carbocycles. The van der Waals surface area contributed by atoms with Crippen molar-refractivity contribution >= 4 is 34.2 Å². The summed E-state index contributed by atoms with van der Waals surface area (Å²) in [6.07, 6.45) is 5.32. The van der Waals surface area contributed by atoms with E-state index in [2.05, 4.69) is 32.4 Å². The molecule has 5 rings (SSSR count). The van der Waals surface area contributed by atoms with Crippen LogP contribution in [0.15, 0.2) is 42.7 Å². The molecular formula is C27H27N5O3. The van der Waals surface area contributed by atoms with Crippen molar-refractivity contribution in [2.45, 2.75) is 19.8 Å². The Morgan fingerprint density at radius 1 is 1.09 bits per heavy atom. The first kappa shape index (κ1) is 22.7. The van der Waals surface area contributed by atoms with Crippen molar-refractivity contribution in [1.82, 2.24) is 14.9 Å². The fraction of sp³-hybridized carbons (Fsp3) is 0.333. The minimum atomic E-state index is 0.0168. The van der Waals surface area contributed by atoms with Crippen LogP contribution in [0.2, 0.25) is 0 Å². The van der Waals surface area contributed by atoms with E-state index in [9.17, 15) is 9.59 Å². The monoisotopic (exact) mass is 469 g/mol. The van der Waals surface area contributed by atoms with Gasteiger partial charge in [0, 0.05) is 67.6 Å². The third-order valence-corrected chi connectivity index (χ3v) is 6.29. The topological polar surface area (TPSA) is 96.5 Å². The SMILES string of the molecule is CNc1ncc(C#Cc2ccc(OCC3CN(C(C)=O)C3)cc2)c2cc(NC(=O)C3CC3)ncc12. The zero-order valence-electron chi connectivity index (χ0n) is 19.8. The van der Waals surface area contributed by atoms with Crippen molar-refractivity contribution in [1.29, 1.82) is 0 Å². The number of pyridine rings is 2. The number of anilines is 2. The summed E-state index contributed by atoms with van der Waals surface area (Å²) in [6.45, 7) is 3.70. The first-order valence-corrected chi connectivity index (χ1v) is 11.8.